The first-order chi connectivity index (χ1) is 14.2. The van der Waals surface area contributed by atoms with Crippen molar-refractivity contribution < 1.29 is 13.2 Å². The first-order valence-corrected chi connectivity index (χ1v) is 12.6. The van der Waals surface area contributed by atoms with E-state index in [-0.39, 0.29) is 21.9 Å². The molecular formula is C22H32N4O3S. The number of likely N-dealkylation sites (N-methyl/N-ethyl adjacent to an activating group) is 1. The lowest BCUT2D eigenvalue weighted by molar-refractivity contribution is -0.00810. The van der Waals surface area contributed by atoms with E-state index in [1.165, 1.54) is 31.4 Å². The summed E-state index contributed by atoms with van der Waals surface area (Å²) in [6.07, 6.45) is 6.60. The molecule has 1 aromatic carbocycles. The largest absolute Gasteiger partial charge is 0.398 e. The summed E-state index contributed by atoms with van der Waals surface area (Å²) in [5, 5.41) is 0. The number of nitrogens with one attached hydrogen (secondary N) is 1. The molecule has 3 N–H and O–H groups in total. The van der Waals surface area contributed by atoms with Gasteiger partial charge in [-0.2, -0.15) is 0 Å². The molecule has 7 nitrogen and oxygen atoms in total. The lowest BCUT2D eigenvalue weighted by Gasteiger charge is -2.56. The summed E-state index contributed by atoms with van der Waals surface area (Å²) in [6.45, 7) is 2.85. The van der Waals surface area contributed by atoms with Crippen LogP contribution in [0.5, 0.6) is 0 Å². The van der Waals surface area contributed by atoms with E-state index < -0.39 is 10.0 Å². The number of hydrogen-bond acceptors (Lipinski definition) is 5. The SMILES string of the molecule is CN1CCN(C(=O)c2cc(S(=O)(=O)NC34CC5CC(CC(C5)C3)C4)ccc2N)CC1. The number of rotatable bonds is 4. The van der Waals surface area contributed by atoms with Crippen LogP contribution in [0.15, 0.2) is 23.1 Å². The van der Waals surface area contributed by atoms with Crippen molar-refractivity contribution in [2.45, 2.75) is 49.0 Å². The van der Waals surface area contributed by atoms with Gasteiger partial charge in [0, 0.05) is 37.4 Å². The standard InChI is InChI=1S/C22H32N4O3S/c1-25-4-6-26(7-5-25)21(27)19-11-18(2-3-20(19)23)30(28,29)24-22-12-15-8-16(13-22)10-17(9-15)14-22/h2-3,11,15-17,24H,4-10,12-14,23H2,1H3. The lowest BCUT2D eigenvalue weighted by Crippen LogP contribution is -2.59. The number of nitrogens with zero attached hydrogens (tertiary/aromatic N) is 2. The molecule has 5 fully saturated rings. The summed E-state index contributed by atoms with van der Waals surface area (Å²) in [5.41, 5.74) is 6.38. The smallest absolute Gasteiger partial charge is 0.256 e. The van der Waals surface area contributed by atoms with Crippen LogP contribution < -0.4 is 10.5 Å². The highest BCUT2D eigenvalue weighted by Crippen LogP contribution is 2.56. The van der Waals surface area contributed by atoms with Gasteiger partial charge in [-0.15, -0.1) is 0 Å². The van der Waals surface area contributed by atoms with Gasteiger partial charge in [0.2, 0.25) is 10.0 Å². The van der Waals surface area contributed by atoms with E-state index in [4.69, 9.17) is 5.73 Å². The topological polar surface area (TPSA) is 95.7 Å². The summed E-state index contributed by atoms with van der Waals surface area (Å²) >= 11 is 0. The molecule has 1 amide bonds. The number of carbonyl (C=O) groups is 1. The number of sulfonamides is 1. The van der Waals surface area contributed by atoms with Crippen LogP contribution in [0.4, 0.5) is 5.69 Å². The van der Waals surface area contributed by atoms with Gasteiger partial charge in [0.25, 0.3) is 5.91 Å². The predicted molar refractivity (Wildman–Crippen MR) is 115 cm³/mol. The molecule has 4 aliphatic carbocycles. The Kier molecular flexibility index (Phi) is 4.87. The van der Waals surface area contributed by atoms with Gasteiger partial charge < -0.3 is 15.5 Å². The predicted octanol–water partition coefficient (Wildman–Crippen LogP) is 1.90. The van der Waals surface area contributed by atoms with Crippen molar-refractivity contribution in [3.63, 3.8) is 0 Å². The number of amides is 1. The van der Waals surface area contributed by atoms with Crippen LogP contribution in [-0.4, -0.2) is 62.9 Å². The molecule has 5 aliphatic rings. The molecule has 0 atom stereocenters. The first-order valence-electron chi connectivity index (χ1n) is 11.1. The molecule has 4 saturated carbocycles. The quantitative estimate of drug-likeness (QED) is 0.709. The maximum absolute atomic E-state index is 13.3. The van der Waals surface area contributed by atoms with Crippen molar-refractivity contribution in [3.05, 3.63) is 23.8 Å². The Morgan fingerprint density at radius 3 is 2.17 bits per heavy atom. The minimum absolute atomic E-state index is 0.143. The molecule has 0 radical (unpaired) electrons. The summed E-state index contributed by atoms with van der Waals surface area (Å²) in [6, 6.07) is 4.55. The highest BCUT2D eigenvalue weighted by Gasteiger charge is 2.52. The number of benzene rings is 1. The summed E-state index contributed by atoms with van der Waals surface area (Å²) in [4.78, 5) is 17.1. The summed E-state index contributed by atoms with van der Waals surface area (Å²) in [5.74, 6) is 1.77. The van der Waals surface area contributed by atoms with Crippen LogP contribution >= 0.6 is 0 Å². The van der Waals surface area contributed by atoms with Crippen LogP contribution in [0.2, 0.25) is 0 Å². The number of anilines is 1. The maximum atomic E-state index is 13.3. The molecule has 1 saturated heterocycles. The Hall–Kier alpha value is -1.64. The van der Waals surface area contributed by atoms with Crippen LogP contribution in [0, 0.1) is 17.8 Å². The van der Waals surface area contributed by atoms with Crippen molar-refractivity contribution in [2.75, 3.05) is 39.0 Å². The third-order valence-corrected chi connectivity index (χ3v) is 9.32. The molecule has 1 heterocycles. The summed E-state index contributed by atoms with van der Waals surface area (Å²) < 4.78 is 29.8. The minimum atomic E-state index is -3.72. The van der Waals surface area contributed by atoms with Crippen LogP contribution in [0.3, 0.4) is 0 Å². The third-order valence-electron chi connectivity index (χ3n) is 7.75. The zero-order valence-corrected chi connectivity index (χ0v) is 18.5. The Labute approximate surface area is 179 Å². The molecule has 8 heteroatoms. The van der Waals surface area contributed by atoms with Crippen LogP contribution in [0.1, 0.15) is 48.9 Å². The monoisotopic (exact) mass is 432 g/mol. The van der Waals surface area contributed by atoms with E-state index >= 15 is 0 Å². The van der Waals surface area contributed by atoms with Crippen molar-refractivity contribution in [3.8, 4) is 0 Å². The fraction of sp³-hybridized carbons (Fsp3) is 0.682. The van der Waals surface area contributed by atoms with Gasteiger partial charge in [-0.3, -0.25) is 4.79 Å². The Morgan fingerprint density at radius 1 is 1.03 bits per heavy atom. The van der Waals surface area contributed by atoms with Crippen molar-refractivity contribution in [1.29, 1.82) is 0 Å². The highest BCUT2D eigenvalue weighted by atomic mass is 32.2. The average Bonchev–Trinajstić information content (AvgIpc) is 2.66. The van der Waals surface area contributed by atoms with Gasteiger partial charge in [-0.05, 0) is 81.5 Å². The summed E-state index contributed by atoms with van der Waals surface area (Å²) in [7, 11) is -1.69. The maximum Gasteiger partial charge on any atom is 0.256 e. The van der Waals surface area contributed by atoms with Gasteiger partial charge in [0.15, 0.2) is 0 Å². The molecule has 6 rings (SSSR count). The number of nitrogen functional groups attached to an aromatic ring is 1. The normalized spacial score (nSPS) is 33.8. The molecule has 30 heavy (non-hydrogen) atoms. The Morgan fingerprint density at radius 2 is 1.60 bits per heavy atom. The molecular weight excluding hydrogens is 400 g/mol. The van der Waals surface area contributed by atoms with E-state index in [0.29, 0.717) is 36.5 Å². The molecule has 164 valence electrons. The van der Waals surface area contributed by atoms with Crippen molar-refractivity contribution in [1.82, 2.24) is 14.5 Å². The molecule has 0 unspecified atom stereocenters. The van der Waals surface area contributed by atoms with Gasteiger partial charge >= 0.3 is 0 Å². The molecule has 4 bridgehead atoms. The number of nitrogens with two attached hydrogens (primary N) is 1. The Bertz CT molecular complexity index is 918. The van der Waals surface area contributed by atoms with E-state index in [1.54, 1.807) is 11.0 Å². The fourth-order valence-electron chi connectivity index (χ4n) is 6.65. The number of hydrogen-bond donors (Lipinski definition) is 2. The Balaban J connectivity index is 1.39. The van der Waals surface area contributed by atoms with E-state index in [1.807, 2.05) is 7.05 Å². The van der Waals surface area contributed by atoms with Crippen LogP contribution in [-0.2, 0) is 10.0 Å². The van der Waals surface area contributed by atoms with Gasteiger partial charge in [0.1, 0.15) is 0 Å². The van der Waals surface area contributed by atoms with Crippen LogP contribution in [0.25, 0.3) is 0 Å². The molecule has 1 aliphatic heterocycles. The minimum Gasteiger partial charge on any atom is -0.398 e. The van der Waals surface area contributed by atoms with Crippen molar-refractivity contribution in [2.24, 2.45) is 17.8 Å². The zero-order valence-electron chi connectivity index (χ0n) is 17.6. The van der Waals surface area contributed by atoms with E-state index in [9.17, 15) is 13.2 Å². The molecule has 1 aromatic rings. The highest BCUT2D eigenvalue weighted by molar-refractivity contribution is 7.89. The second-order valence-corrected chi connectivity index (χ2v) is 11.8. The van der Waals surface area contributed by atoms with E-state index in [2.05, 4.69) is 9.62 Å². The van der Waals surface area contributed by atoms with Gasteiger partial charge in [-0.1, -0.05) is 0 Å². The van der Waals surface area contributed by atoms with E-state index in [0.717, 1.165) is 32.4 Å². The lowest BCUT2D eigenvalue weighted by atomic mass is 9.53. The number of carbonyl (C=O) groups excluding carboxylic acids is 1. The average molecular weight is 433 g/mol. The molecule has 0 aromatic heterocycles. The third kappa shape index (κ3) is 3.63. The first kappa shape index (κ1) is 20.3. The second-order valence-electron chi connectivity index (χ2n) is 10.1. The second kappa shape index (κ2) is 7.21. The van der Waals surface area contributed by atoms with Crippen molar-refractivity contribution >= 4 is 21.6 Å². The molecule has 0 spiro atoms. The van der Waals surface area contributed by atoms with Gasteiger partial charge in [0.05, 0.1) is 10.5 Å². The zero-order chi connectivity index (χ0) is 21.1. The van der Waals surface area contributed by atoms with Gasteiger partial charge in [-0.25, -0.2) is 13.1 Å². The fourth-order valence-corrected chi connectivity index (χ4v) is 8.11. The number of piperazine rings is 1.